The van der Waals surface area contributed by atoms with Crippen LogP contribution in [0.1, 0.15) is 136 Å². The lowest BCUT2D eigenvalue weighted by Crippen LogP contribution is -2.45. The quantitative estimate of drug-likeness (QED) is 0.0534. The zero-order valence-corrected chi connectivity index (χ0v) is 25.8. The zero-order valence-electron chi connectivity index (χ0n) is 25.8. The molecule has 3 rings (SSSR count). The summed E-state index contributed by atoms with van der Waals surface area (Å²) in [6.07, 6.45) is 12.3. The lowest BCUT2D eigenvalue weighted by Gasteiger charge is -2.47. The molecule has 1 aromatic carbocycles. The van der Waals surface area contributed by atoms with Crippen LogP contribution in [0.5, 0.6) is 11.5 Å². The maximum atomic E-state index is 13.5. The molecule has 2 atom stereocenters. The molecule has 7 heteroatoms. The standard InChI is InChI=1S/C33H51NO6/c1-8-14-24(15-9-2)31(35)39-28-21-25(32(4,5)18-12-10-11-13-19-38-34(36)37)22-29-30(28)26-20-23(3)16-17-27(26)33(6,7)40-29/h16,21-22,24,26-27H,8-15,17-20H2,1-7H3. The Morgan fingerprint density at radius 2 is 1.82 bits per heavy atom. The summed E-state index contributed by atoms with van der Waals surface area (Å²) >= 11 is 0. The van der Waals surface area contributed by atoms with Crippen molar-refractivity contribution >= 4 is 5.97 Å². The number of benzene rings is 1. The van der Waals surface area contributed by atoms with Crippen LogP contribution >= 0.6 is 0 Å². The van der Waals surface area contributed by atoms with Crippen molar-refractivity contribution in [3.63, 3.8) is 0 Å². The Morgan fingerprint density at radius 1 is 1.15 bits per heavy atom. The molecule has 1 aromatic rings. The Labute approximate surface area is 241 Å². The first kappa shape index (κ1) is 32.0. The van der Waals surface area contributed by atoms with Crippen molar-refractivity contribution in [2.45, 2.75) is 136 Å². The summed E-state index contributed by atoms with van der Waals surface area (Å²) in [6, 6.07) is 4.31. The van der Waals surface area contributed by atoms with Crippen molar-refractivity contribution in [2.75, 3.05) is 6.61 Å². The van der Waals surface area contributed by atoms with E-state index in [2.05, 4.69) is 71.5 Å². The molecule has 2 unspecified atom stereocenters. The summed E-state index contributed by atoms with van der Waals surface area (Å²) in [7, 11) is 0. The molecule has 0 N–H and O–H groups in total. The van der Waals surface area contributed by atoms with E-state index in [-0.39, 0.29) is 35.4 Å². The van der Waals surface area contributed by atoms with E-state index in [4.69, 9.17) is 9.47 Å². The summed E-state index contributed by atoms with van der Waals surface area (Å²) < 4.78 is 13.1. The number of unbranched alkanes of at least 4 members (excludes halogenated alkanes) is 3. The van der Waals surface area contributed by atoms with Crippen molar-refractivity contribution in [1.29, 1.82) is 0 Å². The number of allylic oxidation sites excluding steroid dienone is 2. The molecule has 0 radical (unpaired) electrons. The molecule has 7 nitrogen and oxygen atoms in total. The van der Waals surface area contributed by atoms with Gasteiger partial charge in [-0.2, -0.15) is 0 Å². The molecular weight excluding hydrogens is 506 g/mol. The first-order valence-electron chi connectivity index (χ1n) is 15.4. The molecule has 0 aromatic heterocycles. The highest BCUT2D eigenvalue weighted by atomic mass is 16.9. The average Bonchev–Trinajstić information content (AvgIpc) is 2.86. The van der Waals surface area contributed by atoms with Crippen molar-refractivity contribution in [3.8, 4) is 11.5 Å². The molecule has 0 saturated heterocycles. The van der Waals surface area contributed by atoms with E-state index in [1.165, 1.54) is 5.57 Å². The number of fused-ring (bicyclic) bond motifs is 3. The number of hydrogen-bond acceptors (Lipinski definition) is 6. The third-order valence-corrected chi connectivity index (χ3v) is 8.98. The summed E-state index contributed by atoms with van der Waals surface area (Å²) in [4.78, 5) is 28.3. The van der Waals surface area contributed by atoms with Crippen molar-refractivity contribution in [2.24, 2.45) is 11.8 Å². The van der Waals surface area contributed by atoms with Gasteiger partial charge in [0.25, 0.3) is 5.09 Å². The number of hydrogen-bond donors (Lipinski definition) is 0. The Balaban J connectivity index is 1.91. The van der Waals surface area contributed by atoms with Gasteiger partial charge in [0.15, 0.2) is 0 Å². The molecule has 0 saturated carbocycles. The molecule has 1 heterocycles. The smallest absolute Gasteiger partial charge is 0.314 e. The second-order valence-corrected chi connectivity index (χ2v) is 13.1. The molecule has 0 spiro atoms. The lowest BCUT2D eigenvalue weighted by molar-refractivity contribution is -0.757. The normalized spacial score (nSPS) is 19.8. The van der Waals surface area contributed by atoms with Crippen LogP contribution in [0.3, 0.4) is 0 Å². The van der Waals surface area contributed by atoms with Crippen molar-refractivity contribution in [3.05, 3.63) is 45.0 Å². The SMILES string of the molecule is CCCC(CCC)C(=O)Oc1cc(C(C)(C)CCCCCCO[N+](=O)[O-])cc2c1C1CC(C)=CCC1C(C)(C)O2. The van der Waals surface area contributed by atoms with Crippen LogP contribution in [-0.2, 0) is 15.0 Å². The van der Waals surface area contributed by atoms with Crippen LogP contribution in [0.15, 0.2) is 23.8 Å². The molecule has 1 aliphatic heterocycles. The van der Waals surface area contributed by atoms with Crippen LogP contribution in [0, 0.1) is 22.0 Å². The number of rotatable bonds is 15. The molecule has 2 aliphatic rings. The third-order valence-electron chi connectivity index (χ3n) is 8.98. The van der Waals surface area contributed by atoms with Gasteiger partial charge in [0.05, 0.1) is 12.5 Å². The highest BCUT2D eigenvalue weighted by molar-refractivity contribution is 5.76. The minimum absolute atomic E-state index is 0.0914. The topological polar surface area (TPSA) is 87.9 Å². The fourth-order valence-corrected chi connectivity index (χ4v) is 6.60. The summed E-state index contributed by atoms with van der Waals surface area (Å²) in [6.45, 7) is 15.4. The predicted molar refractivity (Wildman–Crippen MR) is 158 cm³/mol. The average molecular weight is 558 g/mol. The fraction of sp³-hybridized carbons (Fsp3) is 0.727. The number of carbonyl (C=O) groups is 1. The van der Waals surface area contributed by atoms with Gasteiger partial charge >= 0.3 is 5.97 Å². The maximum Gasteiger partial charge on any atom is 0.314 e. The van der Waals surface area contributed by atoms with Crippen LogP contribution in [-0.4, -0.2) is 23.3 Å². The molecule has 0 amide bonds. The van der Waals surface area contributed by atoms with Crippen LogP contribution in [0.4, 0.5) is 0 Å². The largest absolute Gasteiger partial charge is 0.487 e. The molecule has 0 fully saturated rings. The second-order valence-electron chi connectivity index (χ2n) is 13.1. The Hall–Kier alpha value is -2.57. The zero-order chi connectivity index (χ0) is 29.5. The van der Waals surface area contributed by atoms with Crippen molar-refractivity contribution < 1.29 is 24.2 Å². The summed E-state index contributed by atoms with van der Waals surface area (Å²) in [5.74, 6) is 1.89. The van der Waals surface area contributed by atoms with Crippen LogP contribution < -0.4 is 9.47 Å². The van der Waals surface area contributed by atoms with Gasteiger partial charge in [-0.3, -0.25) is 4.79 Å². The van der Waals surface area contributed by atoms with Gasteiger partial charge in [-0.1, -0.05) is 71.4 Å². The summed E-state index contributed by atoms with van der Waals surface area (Å²) in [5, 5.41) is 9.62. The number of esters is 1. The maximum absolute atomic E-state index is 13.5. The van der Waals surface area contributed by atoms with E-state index < -0.39 is 5.09 Å². The van der Waals surface area contributed by atoms with E-state index in [0.29, 0.717) is 18.1 Å². The van der Waals surface area contributed by atoms with E-state index in [9.17, 15) is 14.9 Å². The van der Waals surface area contributed by atoms with Gasteiger partial charge in [-0.15, -0.1) is 10.1 Å². The van der Waals surface area contributed by atoms with Gasteiger partial charge in [0.2, 0.25) is 0 Å². The summed E-state index contributed by atoms with van der Waals surface area (Å²) in [5.41, 5.74) is 3.07. The molecule has 224 valence electrons. The van der Waals surface area contributed by atoms with Gasteiger partial charge in [-0.05, 0) is 82.4 Å². The number of carbonyl (C=O) groups excluding carboxylic acids is 1. The Morgan fingerprint density at radius 3 is 2.48 bits per heavy atom. The minimum atomic E-state index is -0.729. The van der Waals surface area contributed by atoms with Crippen LogP contribution in [0.25, 0.3) is 0 Å². The van der Waals surface area contributed by atoms with E-state index in [1.54, 1.807) is 0 Å². The Bertz CT molecular complexity index is 1050. The lowest BCUT2D eigenvalue weighted by atomic mass is 9.66. The minimum Gasteiger partial charge on any atom is -0.487 e. The van der Waals surface area contributed by atoms with Crippen molar-refractivity contribution in [1.82, 2.24) is 0 Å². The van der Waals surface area contributed by atoms with E-state index in [0.717, 1.165) is 81.1 Å². The molecule has 40 heavy (non-hydrogen) atoms. The highest BCUT2D eigenvalue weighted by Gasteiger charge is 2.46. The Kier molecular flexibility index (Phi) is 11.1. The van der Waals surface area contributed by atoms with Gasteiger partial charge < -0.3 is 14.3 Å². The first-order valence-corrected chi connectivity index (χ1v) is 15.4. The molecule has 0 bridgehead atoms. The van der Waals surface area contributed by atoms with Crippen LogP contribution in [0.2, 0.25) is 0 Å². The number of nitrogens with zero attached hydrogens (tertiary/aromatic N) is 1. The van der Waals surface area contributed by atoms with E-state index >= 15 is 0 Å². The second kappa shape index (κ2) is 13.9. The van der Waals surface area contributed by atoms with Gasteiger partial charge in [0, 0.05) is 17.4 Å². The third kappa shape index (κ3) is 8.01. The highest BCUT2D eigenvalue weighted by Crippen LogP contribution is 2.55. The monoisotopic (exact) mass is 557 g/mol. The van der Waals surface area contributed by atoms with E-state index in [1.807, 2.05) is 0 Å². The molecular formula is C33H51NO6. The van der Waals surface area contributed by atoms with Gasteiger partial charge in [-0.25, -0.2) is 0 Å². The number of ether oxygens (including phenoxy) is 2. The van der Waals surface area contributed by atoms with Gasteiger partial charge in [0.1, 0.15) is 17.1 Å². The predicted octanol–water partition coefficient (Wildman–Crippen LogP) is 8.86. The first-order chi connectivity index (χ1) is 18.9. The molecule has 1 aliphatic carbocycles. The fourth-order valence-electron chi connectivity index (χ4n) is 6.60.